The van der Waals surface area contributed by atoms with Crippen LogP contribution in [0.15, 0.2) is 42.5 Å². The van der Waals surface area contributed by atoms with Gasteiger partial charge in [0.1, 0.15) is 5.82 Å². The molecule has 1 N–H and O–H groups in total. The maximum Gasteiger partial charge on any atom is 0.262 e. The van der Waals surface area contributed by atoms with Crippen molar-refractivity contribution in [2.45, 2.75) is 0 Å². The van der Waals surface area contributed by atoms with Gasteiger partial charge in [0.05, 0.1) is 0 Å². The Kier molecular flexibility index (Phi) is 5.68. The molecule has 1 heterocycles. The Morgan fingerprint density at radius 2 is 1.77 bits per heavy atom. The van der Waals surface area contributed by atoms with E-state index < -0.39 is 17.5 Å². The summed E-state index contributed by atoms with van der Waals surface area (Å²) < 4.78 is 31.4. The third kappa shape index (κ3) is 4.70. The van der Waals surface area contributed by atoms with Gasteiger partial charge in [0.25, 0.3) is 5.91 Å². The van der Waals surface area contributed by atoms with Gasteiger partial charge in [-0.2, -0.15) is 0 Å². The SMILES string of the molecule is CN1CCN(c2ccc(NC(=O)COc3ccc(F)cc3F)cc2)CC1. The third-order valence-electron chi connectivity index (χ3n) is 4.27. The van der Waals surface area contributed by atoms with Crippen LogP contribution in [-0.2, 0) is 4.79 Å². The summed E-state index contributed by atoms with van der Waals surface area (Å²) in [6.45, 7) is 3.63. The molecule has 0 radical (unpaired) electrons. The lowest BCUT2D eigenvalue weighted by Crippen LogP contribution is -2.44. The van der Waals surface area contributed by atoms with Crippen LogP contribution in [0.5, 0.6) is 5.75 Å². The molecular formula is C19H21F2N3O2. The molecule has 0 aromatic heterocycles. The monoisotopic (exact) mass is 361 g/mol. The van der Waals surface area contributed by atoms with E-state index in [4.69, 9.17) is 4.74 Å². The Bertz CT molecular complexity index is 760. The van der Waals surface area contributed by atoms with E-state index in [1.54, 1.807) is 0 Å². The number of nitrogens with zero attached hydrogens (tertiary/aromatic N) is 2. The Morgan fingerprint density at radius 1 is 1.08 bits per heavy atom. The van der Waals surface area contributed by atoms with Crippen molar-refractivity contribution in [1.82, 2.24) is 4.90 Å². The van der Waals surface area contributed by atoms with Gasteiger partial charge in [-0.15, -0.1) is 0 Å². The number of rotatable bonds is 5. The maximum absolute atomic E-state index is 13.5. The molecule has 0 aliphatic carbocycles. The van der Waals surface area contributed by atoms with E-state index in [0.29, 0.717) is 11.8 Å². The fourth-order valence-corrected chi connectivity index (χ4v) is 2.75. The minimum absolute atomic E-state index is 0.160. The fraction of sp³-hybridized carbons (Fsp3) is 0.316. The quantitative estimate of drug-likeness (QED) is 0.890. The zero-order chi connectivity index (χ0) is 18.5. The molecule has 1 aliphatic rings. The Hall–Kier alpha value is -2.67. The van der Waals surface area contributed by atoms with Crippen LogP contribution >= 0.6 is 0 Å². The Labute approximate surface area is 151 Å². The predicted molar refractivity (Wildman–Crippen MR) is 96.6 cm³/mol. The molecule has 5 nitrogen and oxygen atoms in total. The van der Waals surface area contributed by atoms with Gasteiger partial charge in [-0.1, -0.05) is 0 Å². The lowest BCUT2D eigenvalue weighted by molar-refractivity contribution is -0.118. The average Bonchev–Trinajstić information content (AvgIpc) is 2.62. The van der Waals surface area contributed by atoms with Crippen LogP contribution in [0.4, 0.5) is 20.2 Å². The number of carbonyl (C=O) groups is 1. The third-order valence-corrected chi connectivity index (χ3v) is 4.27. The van der Waals surface area contributed by atoms with Crippen molar-refractivity contribution < 1.29 is 18.3 Å². The molecule has 26 heavy (non-hydrogen) atoms. The molecule has 1 saturated heterocycles. The molecule has 1 fully saturated rings. The lowest BCUT2D eigenvalue weighted by Gasteiger charge is -2.34. The highest BCUT2D eigenvalue weighted by atomic mass is 19.1. The second kappa shape index (κ2) is 8.14. The molecule has 1 aliphatic heterocycles. The molecule has 138 valence electrons. The maximum atomic E-state index is 13.5. The van der Waals surface area contributed by atoms with E-state index in [1.165, 1.54) is 0 Å². The molecule has 2 aromatic carbocycles. The van der Waals surface area contributed by atoms with Crippen molar-refractivity contribution in [3.8, 4) is 5.75 Å². The summed E-state index contributed by atoms with van der Waals surface area (Å²) in [6, 6.07) is 10.5. The van der Waals surface area contributed by atoms with Crippen molar-refractivity contribution in [3.63, 3.8) is 0 Å². The molecule has 7 heteroatoms. The van der Waals surface area contributed by atoms with Gasteiger partial charge in [-0.05, 0) is 43.4 Å². The van der Waals surface area contributed by atoms with E-state index in [9.17, 15) is 13.6 Å². The van der Waals surface area contributed by atoms with Crippen molar-refractivity contribution in [2.24, 2.45) is 0 Å². The second-order valence-electron chi connectivity index (χ2n) is 6.25. The largest absolute Gasteiger partial charge is 0.481 e. The number of likely N-dealkylation sites (N-methyl/N-ethyl adjacent to an activating group) is 1. The van der Waals surface area contributed by atoms with Gasteiger partial charge >= 0.3 is 0 Å². The van der Waals surface area contributed by atoms with E-state index in [-0.39, 0.29) is 12.4 Å². The minimum Gasteiger partial charge on any atom is -0.481 e. The van der Waals surface area contributed by atoms with Gasteiger partial charge in [0.15, 0.2) is 18.2 Å². The Balaban J connectivity index is 1.51. The summed E-state index contributed by atoms with van der Waals surface area (Å²) in [5, 5.41) is 2.69. The number of amides is 1. The number of piperazine rings is 1. The van der Waals surface area contributed by atoms with Gasteiger partial charge in [0, 0.05) is 43.6 Å². The molecule has 0 atom stereocenters. The van der Waals surface area contributed by atoms with E-state index >= 15 is 0 Å². The Morgan fingerprint density at radius 3 is 2.42 bits per heavy atom. The first-order chi connectivity index (χ1) is 12.5. The number of hydrogen-bond donors (Lipinski definition) is 1. The number of hydrogen-bond acceptors (Lipinski definition) is 4. The first-order valence-corrected chi connectivity index (χ1v) is 8.42. The van der Waals surface area contributed by atoms with E-state index in [0.717, 1.165) is 44.0 Å². The average molecular weight is 361 g/mol. The molecule has 0 spiro atoms. The van der Waals surface area contributed by atoms with Crippen molar-refractivity contribution in [1.29, 1.82) is 0 Å². The van der Waals surface area contributed by atoms with Gasteiger partial charge in [0.2, 0.25) is 0 Å². The predicted octanol–water partition coefficient (Wildman–Crippen LogP) is 2.73. The molecule has 0 unspecified atom stereocenters. The molecular weight excluding hydrogens is 340 g/mol. The first-order valence-electron chi connectivity index (χ1n) is 8.42. The van der Waals surface area contributed by atoms with E-state index in [1.807, 2.05) is 24.3 Å². The van der Waals surface area contributed by atoms with Crippen LogP contribution in [-0.4, -0.2) is 50.6 Å². The van der Waals surface area contributed by atoms with Gasteiger partial charge < -0.3 is 19.9 Å². The van der Waals surface area contributed by atoms with Crippen LogP contribution in [0.25, 0.3) is 0 Å². The number of nitrogens with one attached hydrogen (secondary N) is 1. The summed E-state index contributed by atoms with van der Waals surface area (Å²) in [7, 11) is 2.11. The normalized spacial score (nSPS) is 15.0. The van der Waals surface area contributed by atoms with Crippen LogP contribution in [0.1, 0.15) is 0 Å². The minimum atomic E-state index is -0.839. The zero-order valence-corrected chi connectivity index (χ0v) is 14.5. The number of benzene rings is 2. The summed E-state index contributed by atoms with van der Waals surface area (Å²) in [6.07, 6.45) is 0. The van der Waals surface area contributed by atoms with Crippen LogP contribution < -0.4 is 15.0 Å². The number of carbonyl (C=O) groups excluding carboxylic acids is 1. The van der Waals surface area contributed by atoms with Crippen molar-refractivity contribution in [2.75, 3.05) is 50.1 Å². The number of halogens is 2. The summed E-state index contributed by atoms with van der Waals surface area (Å²) in [5.41, 5.74) is 1.75. The second-order valence-corrected chi connectivity index (χ2v) is 6.25. The lowest BCUT2D eigenvalue weighted by atomic mass is 10.2. The molecule has 2 aromatic rings. The van der Waals surface area contributed by atoms with Crippen LogP contribution in [0.3, 0.4) is 0 Å². The first kappa shape index (κ1) is 18.1. The highest BCUT2D eigenvalue weighted by Crippen LogP contribution is 2.20. The molecule has 3 rings (SSSR count). The molecule has 1 amide bonds. The smallest absolute Gasteiger partial charge is 0.262 e. The van der Waals surface area contributed by atoms with Crippen molar-refractivity contribution >= 4 is 17.3 Å². The highest BCUT2D eigenvalue weighted by molar-refractivity contribution is 5.92. The van der Waals surface area contributed by atoms with E-state index in [2.05, 4.69) is 22.2 Å². The molecule has 0 bridgehead atoms. The van der Waals surface area contributed by atoms with Gasteiger partial charge in [-0.3, -0.25) is 4.79 Å². The van der Waals surface area contributed by atoms with Crippen LogP contribution in [0, 0.1) is 11.6 Å². The summed E-state index contributed by atoms with van der Waals surface area (Å²) >= 11 is 0. The standard InChI is InChI=1S/C19H21F2N3O2/c1-23-8-10-24(11-9-23)16-5-3-15(4-6-16)22-19(25)13-26-18-7-2-14(20)12-17(18)21/h2-7,12H,8-11,13H2,1H3,(H,22,25). The molecule has 0 saturated carbocycles. The van der Waals surface area contributed by atoms with Gasteiger partial charge in [-0.25, -0.2) is 8.78 Å². The summed E-state index contributed by atoms with van der Waals surface area (Å²) in [4.78, 5) is 16.5. The topological polar surface area (TPSA) is 44.8 Å². The fourth-order valence-electron chi connectivity index (χ4n) is 2.75. The summed E-state index contributed by atoms with van der Waals surface area (Å²) in [5.74, 6) is -2.11. The van der Waals surface area contributed by atoms with Crippen LogP contribution in [0.2, 0.25) is 0 Å². The zero-order valence-electron chi connectivity index (χ0n) is 14.5. The number of anilines is 2. The highest BCUT2D eigenvalue weighted by Gasteiger charge is 2.14. The van der Waals surface area contributed by atoms with Crippen molar-refractivity contribution in [3.05, 3.63) is 54.1 Å². The number of ether oxygens (including phenoxy) is 1.